The number of anilines is 1. The van der Waals surface area contributed by atoms with Crippen molar-refractivity contribution in [3.8, 4) is 5.75 Å². The molecule has 1 heterocycles. The summed E-state index contributed by atoms with van der Waals surface area (Å²) in [6, 6.07) is 7.54. The van der Waals surface area contributed by atoms with Crippen molar-refractivity contribution in [2.24, 2.45) is 0 Å². The summed E-state index contributed by atoms with van der Waals surface area (Å²) >= 11 is 0. The van der Waals surface area contributed by atoms with Crippen LogP contribution in [-0.4, -0.2) is 55.5 Å². The van der Waals surface area contributed by atoms with Gasteiger partial charge in [0.15, 0.2) is 6.61 Å². The normalized spacial score (nSPS) is 19.1. The van der Waals surface area contributed by atoms with Crippen molar-refractivity contribution < 1.29 is 9.53 Å². The van der Waals surface area contributed by atoms with Gasteiger partial charge >= 0.3 is 0 Å². The first kappa shape index (κ1) is 14.7. The number of rotatable bonds is 4. The van der Waals surface area contributed by atoms with Crippen molar-refractivity contribution in [2.45, 2.75) is 18.9 Å². The molecule has 1 fully saturated rings. The molecule has 2 rings (SSSR count). The molecule has 0 bridgehead atoms. The van der Waals surface area contributed by atoms with Gasteiger partial charge in [0.25, 0.3) is 5.91 Å². The summed E-state index contributed by atoms with van der Waals surface area (Å²) in [5, 5.41) is 0. The van der Waals surface area contributed by atoms with E-state index in [4.69, 9.17) is 10.5 Å². The van der Waals surface area contributed by atoms with Gasteiger partial charge in [-0.2, -0.15) is 0 Å². The number of likely N-dealkylation sites (tertiary alicyclic amines) is 1. The lowest BCUT2D eigenvalue weighted by Crippen LogP contribution is -2.48. The summed E-state index contributed by atoms with van der Waals surface area (Å²) in [4.78, 5) is 16.2. The molecule has 0 radical (unpaired) electrons. The van der Waals surface area contributed by atoms with Crippen LogP contribution in [0, 0.1) is 0 Å². The van der Waals surface area contributed by atoms with Crippen LogP contribution >= 0.6 is 0 Å². The van der Waals surface area contributed by atoms with Crippen LogP contribution in [0.15, 0.2) is 24.3 Å². The summed E-state index contributed by atoms with van der Waals surface area (Å²) in [7, 11) is 4.12. The highest BCUT2D eigenvalue weighted by Gasteiger charge is 2.24. The van der Waals surface area contributed by atoms with Crippen molar-refractivity contribution in [2.75, 3.05) is 39.5 Å². The summed E-state index contributed by atoms with van der Waals surface area (Å²) in [5.41, 5.74) is 6.30. The molecule has 1 atom stereocenters. The summed E-state index contributed by atoms with van der Waals surface area (Å²) in [5.74, 6) is 0.724. The van der Waals surface area contributed by atoms with Gasteiger partial charge in [-0.15, -0.1) is 0 Å². The van der Waals surface area contributed by atoms with E-state index < -0.39 is 0 Å². The molecule has 1 aliphatic rings. The van der Waals surface area contributed by atoms with Gasteiger partial charge in [-0.25, -0.2) is 0 Å². The van der Waals surface area contributed by atoms with Gasteiger partial charge in [-0.1, -0.05) is 0 Å². The molecular weight excluding hydrogens is 254 g/mol. The maximum Gasteiger partial charge on any atom is 0.260 e. The fourth-order valence-corrected chi connectivity index (χ4v) is 2.40. The third-order valence-electron chi connectivity index (χ3n) is 3.72. The first-order chi connectivity index (χ1) is 9.56. The van der Waals surface area contributed by atoms with Crippen molar-refractivity contribution in [3.63, 3.8) is 0 Å². The molecule has 1 aromatic carbocycles. The average molecular weight is 277 g/mol. The predicted molar refractivity (Wildman–Crippen MR) is 79.6 cm³/mol. The highest BCUT2D eigenvalue weighted by atomic mass is 16.5. The third-order valence-corrected chi connectivity index (χ3v) is 3.72. The lowest BCUT2D eigenvalue weighted by molar-refractivity contribution is -0.135. The Morgan fingerprint density at radius 1 is 1.40 bits per heavy atom. The number of benzene rings is 1. The Hall–Kier alpha value is -1.75. The molecule has 0 aromatic heterocycles. The van der Waals surface area contributed by atoms with Crippen LogP contribution < -0.4 is 10.5 Å². The van der Waals surface area contributed by atoms with Crippen LogP contribution in [0.2, 0.25) is 0 Å². The highest BCUT2D eigenvalue weighted by Crippen LogP contribution is 2.16. The molecule has 0 saturated carbocycles. The number of ether oxygens (including phenoxy) is 1. The Bertz CT molecular complexity index is 445. The molecule has 0 aliphatic carbocycles. The van der Waals surface area contributed by atoms with E-state index >= 15 is 0 Å². The largest absolute Gasteiger partial charge is 0.484 e. The van der Waals surface area contributed by atoms with E-state index in [1.807, 2.05) is 4.90 Å². The van der Waals surface area contributed by atoms with Gasteiger partial charge < -0.3 is 20.3 Å². The summed E-state index contributed by atoms with van der Waals surface area (Å²) in [6.45, 7) is 1.70. The molecule has 1 saturated heterocycles. The van der Waals surface area contributed by atoms with Gasteiger partial charge in [-0.05, 0) is 51.2 Å². The topological polar surface area (TPSA) is 58.8 Å². The maximum atomic E-state index is 12.2. The van der Waals surface area contributed by atoms with Crippen LogP contribution in [0.4, 0.5) is 5.69 Å². The second-order valence-corrected chi connectivity index (χ2v) is 5.46. The number of hydrogen-bond acceptors (Lipinski definition) is 4. The SMILES string of the molecule is CN(C)C1CCCN(C(=O)COc2ccc(N)cc2)C1. The smallest absolute Gasteiger partial charge is 0.260 e. The zero-order valence-electron chi connectivity index (χ0n) is 12.2. The summed E-state index contributed by atoms with van der Waals surface area (Å²) < 4.78 is 5.51. The molecule has 5 heteroatoms. The molecule has 110 valence electrons. The van der Waals surface area contributed by atoms with Crippen molar-refractivity contribution in [1.29, 1.82) is 0 Å². The minimum atomic E-state index is 0.0494. The second-order valence-electron chi connectivity index (χ2n) is 5.46. The predicted octanol–water partition coefficient (Wildman–Crippen LogP) is 1.20. The van der Waals surface area contributed by atoms with E-state index in [0.29, 0.717) is 17.5 Å². The molecule has 0 spiro atoms. The Balaban J connectivity index is 1.83. The minimum Gasteiger partial charge on any atom is -0.484 e. The number of amides is 1. The Morgan fingerprint density at radius 2 is 2.10 bits per heavy atom. The Labute approximate surface area is 120 Å². The van der Waals surface area contributed by atoms with Crippen LogP contribution in [0.3, 0.4) is 0 Å². The van der Waals surface area contributed by atoms with Gasteiger partial charge in [-0.3, -0.25) is 4.79 Å². The molecule has 1 amide bonds. The molecule has 5 nitrogen and oxygen atoms in total. The quantitative estimate of drug-likeness (QED) is 0.840. The van der Waals surface area contributed by atoms with Crippen molar-refractivity contribution in [1.82, 2.24) is 9.80 Å². The van der Waals surface area contributed by atoms with Crippen LogP contribution in [0.5, 0.6) is 5.75 Å². The van der Waals surface area contributed by atoms with Gasteiger partial charge in [0, 0.05) is 24.8 Å². The highest BCUT2D eigenvalue weighted by molar-refractivity contribution is 5.78. The molecule has 1 aromatic rings. The molecular formula is C15H23N3O2. The van der Waals surface area contributed by atoms with Gasteiger partial charge in [0.05, 0.1) is 0 Å². The number of carbonyl (C=O) groups excluding carboxylic acids is 1. The van der Waals surface area contributed by atoms with Crippen molar-refractivity contribution >= 4 is 11.6 Å². The number of nitrogens with two attached hydrogens (primary N) is 1. The molecule has 2 N–H and O–H groups in total. The first-order valence-electron chi connectivity index (χ1n) is 6.99. The number of carbonyl (C=O) groups is 1. The van der Waals surface area contributed by atoms with E-state index in [9.17, 15) is 4.79 Å². The van der Waals surface area contributed by atoms with Gasteiger partial charge in [0.2, 0.25) is 0 Å². The fourth-order valence-electron chi connectivity index (χ4n) is 2.40. The van der Waals surface area contributed by atoms with Gasteiger partial charge in [0.1, 0.15) is 5.75 Å². The minimum absolute atomic E-state index is 0.0494. The number of nitrogens with zero attached hydrogens (tertiary/aromatic N) is 2. The number of nitrogen functional groups attached to an aromatic ring is 1. The fraction of sp³-hybridized carbons (Fsp3) is 0.533. The van der Waals surface area contributed by atoms with Crippen LogP contribution in [0.1, 0.15) is 12.8 Å². The molecule has 1 aliphatic heterocycles. The number of likely N-dealkylation sites (N-methyl/N-ethyl adjacent to an activating group) is 1. The number of piperidine rings is 1. The van der Waals surface area contributed by atoms with Crippen molar-refractivity contribution in [3.05, 3.63) is 24.3 Å². The third kappa shape index (κ3) is 3.87. The average Bonchev–Trinajstić information content (AvgIpc) is 2.46. The second kappa shape index (κ2) is 6.61. The van der Waals surface area contributed by atoms with E-state index in [1.54, 1.807) is 24.3 Å². The maximum absolute atomic E-state index is 12.2. The standard InChI is InChI=1S/C15H23N3O2/c1-17(2)13-4-3-9-18(10-13)15(19)11-20-14-7-5-12(16)6-8-14/h5-8,13H,3-4,9-11,16H2,1-2H3. The lowest BCUT2D eigenvalue weighted by atomic mass is 10.1. The lowest BCUT2D eigenvalue weighted by Gasteiger charge is -2.36. The number of hydrogen-bond donors (Lipinski definition) is 1. The zero-order chi connectivity index (χ0) is 14.5. The van der Waals surface area contributed by atoms with Crippen LogP contribution in [-0.2, 0) is 4.79 Å². The van der Waals surface area contributed by atoms with E-state index in [1.165, 1.54) is 0 Å². The van der Waals surface area contributed by atoms with E-state index in [-0.39, 0.29) is 12.5 Å². The van der Waals surface area contributed by atoms with E-state index in [2.05, 4.69) is 19.0 Å². The van der Waals surface area contributed by atoms with Crippen LogP contribution in [0.25, 0.3) is 0 Å². The first-order valence-corrected chi connectivity index (χ1v) is 6.99. The van der Waals surface area contributed by atoms with E-state index in [0.717, 1.165) is 25.9 Å². The summed E-state index contributed by atoms with van der Waals surface area (Å²) in [6.07, 6.45) is 2.20. The molecule has 20 heavy (non-hydrogen) atoms. The molecule has 1 unspecified atom stereocenters. The Morgan fingerprint density at radius 3 is 2.75 bits per heavy atom. The Kier molecular flexibility index (Phi) is 4.84. The zero-order valence-corrected chi connectivity index (χ0v) is 12.2. The monoisotopic (exact) mass is 277 g/mol.